The van der Waals surface area contributed by atoms with Crippen LogP contribution < -0.4 is 203 Å². The number of carbonyl (C=O) groups excluding carboxylic acids is 8. The number of ether oxygens (including phenoxy) is 3. The van der Waals surface area contributed by atoms with Crippen molar-refractivity contribution in [1.29, 1.82) is 0 Å². The van der Waals surface area contributed by atoms with Crippen molar-refractivity contribution in [3.63, 3.8) is 0 Å². The molecule has 276 valence electrons. The molecular formula is C28H42N4Na6O16. The number of carbonyl (C=O) groups is 4. The molecule has 26 heteroatoms. The van der Waals surface area contributed by atoms with Gasteiger partial charge in [-0.1, -0.05) is 12.2 Å². The number of nitrogens with zero attached hydrogens (tertiary/aromatic N) is 3. The van der Waals surface area contributed by atoms with Gasteiger partial charge in [-0.2, -0.15) is 19.2 Å². The number of rotatable bonds is 24. The molecule has 0 bridgehead atoms. The fraction of sp³-hybridized carbons (Fsp3) is 0.571. The Kier molecular flexibility index (Phi) is 90.9. The Morgan fingerprint density at radius 3 is 1.56 bits per heavy atom. The Hall–Kier alpha value is 1.80. The first kappa shape index (κ1) is 79.9. The summed E-state index contributed by atoms with van der Waals surface area (Å²) < 4.78 is 15.0. The summed E-state index contributed by atoms with van der Waals surface area (Å²) in [5, 5.41) is 53.2. The maximum Gasteiger partial charge on any atom is 1.00 e. The van der Waals surface area contributed by atoms with Gasteiger partial charge < -0.3 is 74.0 Å². The summed E-state index contributed by atoms with van der Waals surface area (Å²) in [6.45, 7) is 9.44. The predicted molar refractivity (Wildman–Crippen MR) is 151 cm³/mol. The van der Waals surface area contributed by atoms with Crippen molar-refractivity contribution >= 4 is 36.2 Å². The molecule has 0 amide bonds. The van der Waals surface area contributed by atoms with Gasteiger partial charge in [-0.25, -0.2) is 0 Å². The molecule has 2 unspecified atom stereocenters. The van der Waals surface area contributed by atoms with E-state index in [4.69, 9.17) is 33.4 Å². The van der Waals surface area contributed by atoms with Crippen molar-refractivity contribution in [3.05, 3.63) is 39.4 Å². The maximum atomic E-state index is 10.7. The zero-order chi connectivity index (χ0) is 37.8. The van der Waals surface area contributed by atoms with Crippen LogP contribution >= 0.6 is 0 Å². The summed E-state index contributed by atoms with van der Waals surface area (Å²) in [6.07, 6.45) is 3.29. The van der Waals surface area contributed by atoms with Crippen LogP contribution in [0.15, 0.2) is 25.3 Å². The van der Waals surface area contributed by atoms with Crippen LogP contribution in [0.2, 0.25) is 0 Å². The number of hydrogen-bond acceptors (Lipinski definition) is 20. The van der Waals surface area contributed by atoms with E-state index < -0.39 is 30.0 Å². The second kappa shape index (κ2) is 61.5. The van der Waals surface area contributed by atoms with Gasteiger partial charge in [0.25, 0.3) is 0 Å². The van der Waals surface area contributed by atoms with Crippen molar-refractivity contribution < 1.29 is 255 Å². The summed E-state index contributed by atoms with van der Waals surface area (Å²) >= 11 is 0. The average molecular weight is 829 g/mol. The molecule has 0 aromatic carbocycles. The van der Waals surface area contributed by atoms with Gasteiger partial charge in [0, 0.05) is 45.8 Å². The van der Waals surface area contributed by atoms with Gasteiger partial charge in [0.05, 0.1) is 63.0 Å². The van der Waals surface area contributed by atoms with E-state index in [0.717, 1.165) is 13.2 Å². The van der Waals surface area contributed by atoms with Crippen LogP contribution in [0.25, 0.3) is 0 Å². The monoisotopic (exact) mass is 828 g/mol. The number of aliphatic hydroxyl groups excluding tert-OH is 1. The normalized spacial score (nSPS) is 11.4. The second-order valence-corrected chi connectivity index (χ2v) is 8.93. The number of aliphatic carboxylic acids is 4. The standard InChI is InChI=1S/C13H23N2O6.C7H13N2O4.C6H10O2.2CO2.6Na/c1-3-6-21-10-11(16)7-15(9-13(19)20)5-4-14(2)8-12(17)18;1-9(5-7(12)13)3-2-8-4-6(10)11;1-2-3-7-4-6-5-8-6;2*2-1-3;;;;;;/h3,11,16H,1-2,4-10H2,(H,17,18)(H,19,20);8H,1-5H2,(H,10,11)(H,12,13);2,6H,1,3-5H2;;;;;;;;/q2*-1;;;;6*+1/p-4. The van der Waals surface area contributed by atoms with Crippen LogP contribution in [-0.2, 0) is 52.6 Å². The van der Waals surface area contributed by atoms with E-state index in [1.165, 1.54) is 20.8 Å². The summed E-state index contributed by atoms with van der Waals surface area (Å²) in [5.41, 5.74) is 0. The fourth-order valence-electron chi connectivity index (χ4n) is 2.74. The second-order valence-electron chi connectivity index (χ2n) is 8.93. The number of nitrogens with one attached hydrogen (secondary N) is 1. The minimum Gasteiger partial charge on any atom is -0.549 e. The summed E-state index contributed by atoms with van der Waals surface area (Å²) in [4.78, 5) is 77.4. The van der Waals surface area contributed by atoms with E-state index in [1.54, 1.807) is 6.08 Å². The number of hydrogen-bond donors (Lipinski definition) is 2. The molecule has 1 aliphatic rings. The topological polar surface area (TPSA) is 302 Å². The van der Waals surface area contributed by atoms with Crippen molar-refractivity contribution in [1.82, 2.24) is 20.0 Å². The molecule has 1 aliphatic heterocycles. The molecular weight excluding hydrogens is 786 g/mol. The first-order valence-corrected chi connectivity index (χ1v) is 13.6. The van der Waals surface area contributed by atoms with Crippen molar-refractivity contribution in [2.24, 2.45) is 0 Å². The zero-order valence-corrected chi connectivity index (χ0v) is 44.4. The first-order valence-electron chi connectivity index (χ1n) is 13.6. The van der Waals surface area contributed by atoms with E-state index >= 15 is 0 Å². The minimum absolute atomic E-state index is 0. The summed E-state index contributed by atoms with van der Waals surface area (Å²) in [5.74, 6) is -4.97. The van der Waals surface area contributed by atoms with E-state index in [0.29, 0.717) is 25.8 Å². The molecule has 54 heavy (non-hydrogen) atoms. The Morgan fingerprint density at radius 2 is 1.19 bits per heavy atom. The molecule has 1 heterocycles. The molecule has 1 fully saturated rings. The molecule has 1 saturated heterocycles. The Morgan fingerprint density at radius 1 is 0.778 bits per heavy atom. The van der Waals surface area contributed by atoms with Gasteiger partial charge >= 0.3 is 190 Å². The Balaban J connectivity index is -0.0000000633. The third-order valence-electron chi connectivity index (χ3n) is 4.62. The van der Waals surface area contributed by atoms with Crippen LogP contribution in [-0.4, -0.2) is 160 Å². The largest absolute Gasteiger partial charge is 1.00 e. The first-order chi connectivity index (χ1) is 22.6. The Labute approximate surface area is 448 Å². The summed E-state index contributed by atoms with van der Waals surface area (Å²) in [7, 11) is 6.90. The SMILES string of the molecule is C=CCOCC(O)CN(CCN([CH2-])CC(=O)[O-])CC(=O)[O-].C=CCOCC1CO1.O=C=O.O=C=O.[CH2-]N(CCNCC(=O)[O-])CC(=O)[O-].[Na+].[Na+].[Na+].[Na+].[Na+].[Na+]. The van der Waals surface area contributed by atoms with Crippen LogP contribution in [0.3, 0.4) is 0 Å². The van der Waals surface area contributed by atoms with Crippen molar-refractivity contribution in [2.45, 2.75) is 12.2 Å². The van der Waals surface area contributed by atoms with Crippen LogP contribution in [0.4, 0.5) is 0 Å². The molecule has 0 radical (unpaired) electrons. The Bertz CT molecular complexity index is 967. The predicted octanol–water partition coefficient (Wildman–Crippen LogP) is -25.9. The molecule has 2 N–H and O–H groups in total. The molecule has 20 nitrogen and oxygen atoms in total. The van der Waals surface area contributed by atoms with Crippen molar-refractivity contribution in [2.75, 3.05) is 91.9 Å². The summed E-state index contributed by atoms with van der Waals surface area (Å²) in [6, 6.07) is 0. The zero-order valence-electron chi connectivity index (χ0n) is 32.4. The van der Waals surface area contributed by atoms with Gasteiger partial charge in [0.15, 0.2) is 0 Å². The van der Waals surface area contributed by atoms with Gasteiger partial charge in [-0.3, -0.25) is 19.0 Å². The molecule has 1 rings (SSSR count). The third kappa shape index (κ3) is 81.9. The van der Waals surface area contributed by atoms with Gasteiger partial charge in [0.2, 0.25) is 0 Å². The maximum absolute atomic E-state index is 10.7. The molecule has 0 spiro atoms. The molecule has 2 atom stereocenters. The van der Waals surface area contributed by atoms with Gasteiger partial charge in [0.1, 0.15) is 6.10 Å². The average Bonchev–Trinajstić information content (AvgIpc) is 3.79. The fourth-order valence-corrected chi connectivity index (χ4v) is 2.74. The molecule has 0 aliphatic carbocycles. The number of epoxide rings is 1. The minimum atomic E-state index is -1.29. The smallest absolute Gasteiger partial charge is 0.549 e. The van der Waals surface area contributed by atoms with E-state index in [9.17, 15) is 44.7 Å². The van der Waals surface area contributed by atoms with E-state index in [1.807, 2.05) is 0 Å². The molecule has 0 aromatic rings. The quantitative estimate of drug-likeness (QED) is 0.0300. The van der Waals surface area contributed by atoms with Crippen LogP contribution in [0.5, 0.6) is 0 Å². The van der Waals surface area contributed by atoms with E-state index in [2.05, 4.69) is 32.6 Å². The third-order valence-corrected chi connectivity index (χ3v) is 4.62. The number of aliphatic hydroxyl groups is 1. The van der Waals surface area contributed by atoms with Crippen LogP contribution in [0.1, 0.15) is 0 Å². The van der Waals surface area contributed by atoms with Crippen molar-refractivity contribution in [3.8, 4) is 0 Å². The number of carboxylic acid groups (broad SMARTS) is 4. The van der Waals surface area contributed by atoms with Gasteiger partial charge in [-0.05, 0) is 13.1 Å². The molecule has 0 aromatic heterocycles. The van der Waals surface area contributed by atoms with Crippen LogP contribution in [0, 0.1) is 14.1 Å². The molecule has 0 saturated carbocycles. The van der Waals surface area contributed by atoms with E-state index in [-0.39, 0.29) is 249 Å². The number of carboxylic acids is 4. The van der Waals surface area contributed by atoms with Gasteiger partial charge in [-0.15, -0.1) is 13.2 Å².